The van der Waals surface area contributed by atoms with Gasteiger partial charge in [-0.05, 0) is 37.4 Å². The van der Waals surface area contributed by atoms with E-state index in [1.807, 2.05) is 12.3 Å². The summed E-state index contributed by atoms with van der Waals surface area (Å²) in [6.07, 6.45) is 4.70. The zero-order chi connectivity index (χ0) is 11.3. The lowest BCUT2D eigenvalue weighted by Gasteiger charge is -2.19. The fraction of sp³-hybridized carbons (Fsp3) is 0.583. The number of hydrogen-bond acceptors (Lipinski definition) is 3. The lowest BCUT2D eigenvalue weighted by Crippen LogP contribution is -2.27. The molecule has 0 spiro atoms. The van der Waals surface area contributed by atoms with Gasteiger partial charge in [0.15, 0.2) is 0 Å². The van der Waals surface area contributed by atoms with Crippen LogP contribution < -0.4 is 11.1 Å². The molecule has 3 N–H and O–H groups in total. The zero-order valence-electron chi connectivity index (χ0n) is 9.83. The number of anilines is 1. The third-order valence-corrected chi connectivity index (χ3v) is 2.68. The van der Waals surface area contributed by atoms with Gasteiger partial charge in [-0.1, -0.05) is 13.8 Å². The molecule has 0 aromatic carbocycles. The number of nitrogens with one attached hydrogen (secondary N) is 1. The highest BCUT2D eigenvalue weighted by Crippen LogP contribution is 2.24. The quantitative estimate of drug-likeness (QED) is 0.778. The Bertz CT molecular complexity index is 299. The molecule has 0 amide bonds. The van der Waals surface area contributed by atoms with Gasteiger partial charge in [0.05, 0.1) is 0 Å². The van der Waals surface area contributed by atoms with Crippen LogP contribution >= 0.6 is 0 Å². The summed E-state index contributed by atoms with van der Waals surface area (Å²) >= 11 is 0. The van der Waals surface area contributed by atoms with Crippen LogP contribution in [0, 0.1) is 0 Å². The normalized spacial score (nSPS) is 14.9. The van der Waals surface area contributed by atoms with Crippen molar-refractivity contribution in [3.63, 3.8) is 0 Å². The summed E-state index contributed by atoms with van der Waals surface area (Å²) < 4.78 is 0. The molecule has 3 nitrogen and oxygen atoms in total. The molecule has 0 aliphatic rings. The highest BCUT2D eigenvalue weighted by atomic mass is 14.9. The van der Waals surface area contributed by atoms with Crippen molar-refractivity contribution in [3.8, 4) is 0 Å². The van der Waals surface area contributed by atoms with E-state index in [4.69, 9.17) is 5.73 Å². The van der Waals surface area contributed by atoms with Crippen molar-refractivity contribution in [2.75, 3.05) is 12.3 Å². The fourth-order valence-electron chi connectivity index (χ4n) is 1.92. The van der Waals surface area contributed by atoms with Gasteiger partial charge in [0.1, 0.15) is 0 Å². The van der Waals surface area contributed by atoms with Crippen LogP contribution in [-0.4, -0.2) is 17.6 Å². The van der Waals surface area contributed by atoms with Crippen LogP contribution in [0.3, 0.4) is 0 Å². The van der Waals surface area contributed by atoms with E-state index in [0.29, 0.717) is 12.0 Å². The number of aromatic nitrogens is 1. The number of nitrogen functional groups attached to an aromatic ring is 1. The van der Waals surface area contributed by atoms with Gasteiger partial charge >= 0.3 is 0 Å². The lowest BCUT2D eigenvalue weighted by atomic mass is 9.94. The zero-order valence-corrected chi connectivity index (χ0v) is 9.83. The summed E-state index contributed by atoms with van der Waals surface area (Å²) in [6, 6.07) is 2.38. The van der Waals surface area contributed by atoms with E-state index in [9.17, 15) is 0 Å². The first-order valence-corrected chi connectivity index (χ1v) is 5.57. The Morgan fingerprint density at radius 1 is 1.47 bits per heavy atom. The lowest BCUT2D eigenvalue weighted by molar-refractivity contribution is 0.491. The second-order valence-electron chi connectivity index (χ2n) is 4.10. The second kappa shape index (κ2) is 5.71. The van der Waals surface area contributed by atoms with Crippen molar-refractivity contribution in [1.29, 1.82) is 0 Å². The van der Waals surface area contributed by atoms with Crippen molar-refractivity contribution in [2.24, 2.45) is 0 Å². The molecule has 84 valence electrons. The maximum absolute atomic E-state index is 5.91. The van der Waals surface area contributed by atoms with Crippen LogP contribution in [0.1, 0.15) is 38.7 Å². The Kier molecular flexibility index (Phi) is 4.56. The average molecular weight is 207 g/mol. The molecular formula is C12H21N3. The van der Waals surface area contributed by atoms with Crippen molar-refractivity contribution in [1.82, 2.24) is 10.3 Å². The predicted molar refractivity (Wildman–Crippen MR) is 64.8 cm³/mol. The number of nitrogens with two attached hydrogens (primary N) is 1. The summed E-state index contributed by atoms with van der Waals surface area (Å²) in [7, 11) is 0. The molecule has 1 rings (SSSR count). The molecule has 1 aromatic rings. The van der Waals surface area contributed by atoms with Gasteiger partial charge in [0.2, 0.25) is 0 Å². The molecule has 0 fully saturated rings. The molecule has 2 atom stereocenters. The smallest absolute Gasteiger partial charge is 0.0380 e. The molecule has 15 heavy (non-hydrogen) atoms. The Hall–Kier alpha value is -1.09. The van der Waals surface area contributed by atoms with Gasteiger partial charge in [0.25, 0.3) is 0 Å². The maximum Gasteiger partial charge on any atom is 0.0380 e. The molecule has 0 saturated carbocycles. The summed E-state index contributed by atoms with van der Waals surface area (Å²) in [4.78, 5) is 4.12. The fourth-order valence-corrected chi connectivity index (χ4v) is 1.92. The molecule has 3 heteroatoms. The highest BCUT2D eigenvalue weighted by Gasteiger charge is 2.12. The van der Waals surface area contributed by atoms with Crippen LogP contribution in [-0.2, 0) is 0 Å². The van der Waals surface area contributed by atoms with Gasteiger partial charge in [-0.2, -0.15) is 0 Å². The van der Waals surface area contributed by atoms with E-state index in [-0.39, 0.29) is 0 Å². The van der Waals surface area contributed by atoms with Gasteiger partial charge < -0.3 is 11.1 Å². The summed E-state index contributed by atoms with van der Waals surface area (Å²) in [5.41, 5.74) is 7.91. The molecule has 0 saturated heterocycles. The molecular weight excluding hydrogens is 186 g/mol. The molecule has 0 aliphatic heterocycles. The molecule has 1 aromatic heterocycles. The van der Waals surface area contributed by atoms with E-state index in [0.717, 1.165) is 24.2 Å². The van der Waals surface area contributed by atoms with Gasteiger partial charge in [0, 0.05) is 24.1 Å². The Morgan fingerprint density at radius 3 is 2.80 bits per heavy atom. The minimum atomic E-state index is 0.452. The van der Waals surface area contributed by atoms with Crippen LogP contribution in [0.2, 0.25) is 0 Å². The van der Waals surface area contributed by atoms with E-state index >= 15 is 0 Å². The van der Waals surface area contributed by atoms with Crippen molar-refractivity contribution >= 4 is 5.69 Å². The van der Waals surface area contributed by atoms with Gasteiger partial charge in [-0.15, -0.1) is 0 Å². The minimum Gasteiger partial charge on any atom is -0.398 e. The molecule has 0 radical (unpaired) electrons. The standard InChI is InChI=1S/C12H21N3/c1-4-15-10(3)7-9(2)11-8-14-6-5-12(11)13/h5-6,8-10,15H,4,7H2,1-3H3,(H2,13,14). The SMILES string of the molecule is CCNC(C)CC(C)c1cnccc1N. The van der Waals surface area contributed by atoms with E-state index in [1.54, 1.807) is 6.20 Å². The minimum absolute atomic E-state index is 0.452. The van der Waals surface area contributed by atoms with Crippen molar-refractivity contribution < 1.29 is 0 Å². The third-order valence-electron chi connectivity index (χ3n) is 2.68. The van der Waals surface area contributed by atoms with Gasteiger partial charge in [-0.25, -0.2) is 0 Å². The summed E-state index contributed by atoms with van der Waals surface area (Å²) in [6.45, 7) is 7.53. The Balaban J connectivity index is 2.61. The maximum atomic E-state index is 5.91. The molecule has 0 bridgehead atoms. The Labute approximate surface area is 92.1 Å². The molecule has 0 aliphatic carbocycles. The Morgan fingerprint density at radius 2 is 2.20 bits per heavy atom. The predicted octanol–water partition coefficient (Wildman–Crippen LogP) is 2.16. The third kappa shape index (κ3) is 3.51. The molecule has 2 unspecified atom stereocenters. The van der Waals surface area contributed by atoms with E-state index in [2.05, 4.69) is 31.1 Å². The molecule has 1 heterocycles. The topological polar surface area (TPSA) is 50.9 Å². The van der Waals surface area contributed by atoms with E-state index in [1.165, 1.54) is 0 Å². The first kappa shape index (κ1) is 12.0. The highest BCUT2D eigenvalue weighted by molar-refractivity contribution is 5.46. The number of nitrogens with zero attached hydrogens (tertiary/aromatic N) is 1. The number of hydrogen-bond donors (Lipinski definition) is 2. The van der Waals surface area contributed by atoms with Crippen LogP contribution in [0.5, 0.6) is 0 Å². The summed E-state index contributed by atoms with van der Waals surface area (Å²) in [5.74, 6) is 0.452. The second-order valence-corrected chi connectivity index (χ2v) is 4.10. The van der Waals surface area contributed by atoms with Crippen molar-refractivity contribution in [2.45, 2.75) is 39.2 Å². The largest absolute Gasteiger partial charge is 0.398 e. The average Bonchev–Trinajstić information content (AvgIpc) is 2.18. The van der Waals surface area contributed by atoms with Crippen LogP contribution in [0.4, 0.5) is 5.69 Å². The first-order valence-electron chi connectivity index (χ1n) is 5.57. The van der Waals surface area contributed by atoms with Crippen molar-refractivity contribution in [3.05, 3.63) is 24.0 Å². The number of rotatable bonds is 5. The van der Waals surface area contributed by atoms with Crippen LogP contribution in [0.15, 0.2) is 18.5 Å². The number of pyridine rings is 1. The monoisotopic (exact) mass is 207 g/mol. The van der Waals surface area contributed by atoms with E-state index < -0.39 is 0 Å². The first-order chi connectivity index (χ1) is 7.15. The van der Waals surface area contributed by atoms with Crippen LogP contribution in [0.25, 0.3) is 0 Å². The van der Waals surface area contributed by atoms with Gasteiger partial charge in [-0.3, -0.25) is 4.98 Å². The summed E-state index contributed by atoms with van der Waals surface area (Å²) in [5, 5.41) is 3.40.